The number of hydrogen-bond acceptors (Lipinski definition) is 5. The zero-order valence-corrected chi connectivity index (χ0v) is 18.1. The molecule has 3 aliphatic rings. The molecule has 0 aromatic carbocycles. The van der Waals surface area contributed by atoms with Crippen molar-refractivity contribution >= 4 is 16.1 Å². The lowest BCUT2D eigenvalue weighted by atomic mass is 9.94. The van der Waals surface area contributed by atoms with Crippen LogP contribution in [0.5, 0.6) is 0 Å². The maximum atomic E-state index is 13.1. The van der Waals surface area contributed by atoms with Crippen LogP contribution in [0.3, 0.4) is 0 Å². The van der Waals surface area contributed by atoms with Gasteiger partial charge in [0.15, 0.2) is 0 Å². The quantitative estimate of drug-likeness (QED) is 0.677. The van der Waals surface area contributed by atoms with E-state index in [2.05, 4.69) is 24.1 Å². The molecule has 162 valence electrons. The van der Waals surface area contributed by atoms with Gasteiger partial charge in [0.05, 0.1) is 19.1 Å². The number of piperidine rings is 2. The molecular weight excluding hydrogens is 380 g/mol. The average molecular weight is 417 g/mol. The number of nitrogens with one attached hydrogen (secondary N) is 1. The molecule has 3 aliphatic heterocycles. The highest BCUT2D eigenvalue weighted by molar-refractivity contribution is 7.86. The van der Waals surface area contributed by atoms with E-state index in [1.807, 2.05) is 0 Å². The lowest BCUT2D eigenvalue weighted by Gasteiger charge is -2.39. The zero-order valence-electron chi connectivity index (χ0n) is 17.3. The SMILES string of the molecule is CC1CC(C)CN(S(=O)(=O)N2CCCC(C(=O)NCCN3CCOCC3)C2)C1. The third-order valence-electron chi connectivity index (χ3n) is 6.07. The Hall–Kier alpha value is -0.740. The van der Waals surface area contributed by atoms with Gasteiger partial charge in [-0.05, 0) is 31.1 Å². The van der Waals surface area contributed by atoms with Gasteiger partial charge in [0.25, 0.3) is 10.2 Å². The largest absolute Gasteiger partial charge is 0.379 e. The molecule has 0 radical (unpaired) electrons. The van der Waals surface area contributed by atoms with E-state index >= 15 is 0 Å². The van der Waals surface area contributed by atoms with Crippen molar-refractivity contribution in [3.05, 3.63) is 0 Å². The van der Waals surface area contributed by atoms with Crippen LogP contribution in [0.15, 0.2) is 0 Å². The summed E-state index contributed by atoms with van der Waals surface area (Å²) in [6, 6.07) is 0. The Bertz CT molecular complexity index is 613. The smallest absolute Gasteiger partial charge is 0.282 e. The van der Waals surface area contributed by atoms with Gasteiger partial charge in [-0.2, -0.15) is 17.0 Å². The summed E-state index contributed by atoms with van der Waals surface area (Å²) in [6.45, 7) is 10.9. The third kappa shape index (κ3) is 5.66. The minimum absolute atomic E-state index is 0.0199. The second-order valence-electron chi connectivity index (χ2n) is 8.71. The number of carbonyl (C=O) groups is 1. The predicted octanol–water partition coefficient (Wildman–Crippen LogP) is 0.370. The van der Waals surface area contributed by atoms with Crippen molar-refractivity contribution in [1.29, 1.82) is 0 Å². The predicted molar refractivity (Wildman–Crippen MR) is 108 cm³/mol. The van der Waals surface area contributed by atoms with Crippen molar-refractivity contribution in [1.82, 2.24) is 18.8 Å². The molecule has 0 spiro atoms. The van der Waals surface area contributed by atoms with Crippen molar-refractivity contribution in [3.8, 4) is 0 Å². The summed E-state index contributed by atoms with van der Waals surface area (Å²) in [5.41, 5.74) is 0. The fourth-order valence-electron chi connectivity index (χ4n) is 4.63. The highest BCUT2D eigenvalue weighted by Gasteiger charge is 2.38. The van der Waals surface area contributed by atoms with E-state index < -0.39 is 10.2 Å². The molecule has 3 heterocycles. The zero-order chi connectivity index (χ0) is 20.1. The minimum atomic E-state index is -3.49. The van der Waals surface area contributed by atoms with Crippen LogP contribution < -0.4 is 5.32 Å². The molecule has 0 aromatic heterocycles. The Kier molecular flexibility index (Phi) is 7.72. The summed E-state index contributed by atoms with van der Waals surface area (Å²) in [5, 5.41) is 3.01. The van der Waals surface area contributed by atoms with Crippen LogP contribution in [-0.2, 0) is 19.7 Å². The fraction of sp³-hybridized carbons (Fsp3) is 0.947. The Morgan fingerprint density at radius 1 is 1.04 bits per heavy atom. The second-order valence-corrected chi connectivity index (χ2v) is 10.6. The summed E-state index contributed by atoms with van der Waals surface area (Å²) >= 11 is 0. The molecule has 3 fully saturated rings. The number of carbonyl (C=O) groups excluding carboxylic acids is 1. The minimum Gasteiger partial charge on any atom is -0.379 e. The van der Waals surface area contributed by atoms with E-state index in [0.717, 1.165) is 52.1 Å². The molecule has 0 aliphatic carbocycles. The average Bonchev–Trinajstić information content (AvgIpc) is 2.68. The van der Waals surface area contributed by atoms with E-state index in [0.29, 0.717) is 44.6 Å². The van der Waals surface area contributed by atoms with E-state index in [9.17, 15) is 13.2 Å². The molecule has 1 amide bonds. The Balaban J connectivity index is 1.50. The van der Waals surface area contributed by atoms with Gasteiger partial charge in [0, 0.05) is 52.4 Å². The number of nitrogens with zero attached hydrogens (tertiary/aromatic N) is 3. The van der Waals surface area contributed by atoms with Crippen LogP contribution in [0.2, 0.25) is 0 Å². The summed E-state index contributed by atoms with van der Waals surface area (Å²) in [7, 11) is -3.49. The van der Waals surface area contributed by atoms with E-state index in [1.54, 1.807) is 4.31 Å². The topological polar surface area (TPSA) is 82.2 Å². The van der Waals surface area contributed by atoms with Gasteiger partial charge in [0.2, 0.25) is 5.91 Å². The monoisotopic (exact) mass is 416 g/mol. The molecular formula is C19H36N4O4S. The molecule has 3 saturated heterocycles. The number of amides is 1. The van der Waals surface area contributed by atoms with Gasteiger partial charge in [-0.25, -0.2) is 0 Å². The normalized spacial score (nSPS) is 31.6. The van der Waals surface area contributed by atoms with Gasteiger partial charge in [-0.3, -0.25) is 9.69 Å². The molecule has 3 unspecified atom stereocenters. The van der Waals surface area contributed by atoms with Crippen LogP contribution in [0.1, 0.15) is 33.1 Å². The maximum absolute atomic E-state index is 13.1. The van der Waals surface area contributed by atoms with Crippen molar-refractivity contribution in [2.45, 2.75) is 33.1 Å². The summed E-state index contributed by atoms with van der Waals surface area (Å²) < 4.78 is 34.7. The first-order valence-corrected chi connectivity index (χ1v) is 12.1. The molecule has 0 bridgehead atoms. The Morgan fingerprint density at radius 3 is 2.39 bits per heavy atom. The Morgan fingerprint density at radius 2 is 1.71 bits per heavy atom. The number of ether oxygens (including phenoxy) is 1. The number of morpholine rings is 1. The summed E-state index contributed by atoms with van der Waals surface area (Å²) in [4.78, 5) is 14.9. The van der Waals surface area contributed by atoms with Crippen LogP contribution in [0.25, 0.3) is 0 Å². The molecule has 8 nitrogen and oxygen atoms in total. The van der Waals surface area contributed by atoms with Crippen LogP contribution in [0.4, 0.5) is 0 Å². The standard InChI is InChI=1S/C19H36N4O4S/c1-16-12-17(2)14-23(13-16)28(25,26)22-6-3-4-18(15-22)19(24)20-5-7-21-8-10-27-11-9-21/h16-18H,3-15H2,1-2H3,(H,20,24). The van der Waals surface area contributed by atoms with Gasteiger partial charge in [-0.15, -0.1) is 0 Å². The van der Waals surface area contributed by atoms with Crippen molar-refractivity contribution in [2.75, 3.05) is 65.6 Å². The molecule has 3 atom stereocenters. The number of hydrogen-bond donors (Lipinski definition) is 1. The van der Waals surface area contributed by atoms with E-state index in [-0.39, 0.29) is 11.8 Å². The van der Waals surface area contributed by atoms with E-state index in [1.165, 1.54) is 4.31 Å². The molecule has 0 saturated carbocycles. The molecule has 1 N–H and O–H groups in total. The van der Waals surface area contributed by atoms with Crippen molar-refractivity contribution in [3.63, 3.8) is 0 Å². The third-order valence-corrected chi connectivity index (χ3v) is 8.01. The molecule has 28 heavy (non-hydrogen) atoms. The molecule has 0 aromatic rings. The maximum Gasteiger partial charge on any atom is 0.282 e. The summed E-state index contributed by atoms with van der Waals surface area (Å²) in [5.74, 6) is 0.478. The second kappa shape index (κ2) is 9.84. The van der Waals surface area contributed by atoms with Gasteiger partial charge in [0.1, 0.15) is 0 Å². The highest BCUT2D eigenvalue weighted by Crippen LogP contribution is 2.27. The van der Waals surface area contributed by atoms with Gasteiger partial charge >= 0.3 is 0 Å². The van der Waals surface area contributed by atoms with Gasteiger partial charge < -0.3 is 10.1 Å². The van der Waals surface area contributed by atoms with Crippen LogP contribution in [0, 0.1) is 17.8 Å². The highest BCUT2D eigenvalue weighted by atomic mass is 32.2. The first-order chi connectivity index (χ1) is 13.4. The number of rotatable bonds is 6. The van der Waals surface area contributed by atoms with Gasteiger partial charge in [-0.1, -0.05) is 13.8 Å². The fourth-order valence-corrected chi connectivity index (χ4v) is 6.57. The van der Waals surface area contributed by atoms with Crippen LogP contribution in [-0.4, -0.2) is 93.4 Å². The lowest BCUT2D eigenvalue weighted by molar-refractivity contribution is -0.126. The van der Waals surface area contributed by atoms with E-state index in [4.69, 9.17) is 4.74 Å². The summed E-state index contributed by atoms with van der Waals surface area (Å²) in [6.07, 6.45) is 2.56. The first kappa shape index (κ1) is 22.0. The Labute approximate surface area is 169 Å². The van der Waals surface area contributed by atoms with Crippen LogP contribution >= 0.6 is 0 Å². The lowest BCUT2D eigenvalue weighted by Crippen LogP contribution is -2.53. The van der Waals surface area contributed by atoms with Crippen molar-refractivity contribution in [2.24, 2.45) is 17.8 Å². The molecule has 3 rings (SSSR count). The van der Waals surface area contributed by atoms with Crippen molar-refractivity contribution < 1.29 is 17.9 Å². The first-order valence-electron chi connectivity index (χ1n) is 10.7. The molecule has 9 heteroatoms.